The summed E-state index contributed by atoms with van der Waals surface area (Å²) in [4.78, 5) is 13.4. The Labute approximate surface area is 146 Å². The molecule has 24 heavy (non-hydrogen) atoms. The number of carbonyl (C=O) groups is 1. The Bertz CT molecular complexity index is 722. The fourth-order valence-corrected chi connectivity index (χ4v) is 3.52. The van der Waals surface area contributed by atoms with E-state index in [1.54, 1.807) is 23.5 Å². The normalized spacial score (nSPS) is 14.8. The summed E-state index contributed by atoms with van der Waals surface area (Å²) in [5.41, 5.74) is 0.909. The molecule has 1 aromatic carbocycles. The van der Waals surface area contributed by atoms with Crippen LogP contribution >= 0.6 is 11.3 Å². The minimum Gasteiger partial charge on any atom is -0.486 e. The highest BCUT2D eigenvalue weighted by Gasteiger charge is 2.18. The average Bonchev–Trinajstić information content (AvgIpc) is 3.11. The van der Waals surface area contributed by atoms with Gasteiger partial charge in [-0.1, -0.05) is 26.0 Å². The van der Waals surface area contributed by atoms with Crippen molar-refractivity contribution in [1.82, 2.24) is 5.32 Å². The van der Waals surface area contributed by atoms with Gasteiger partial charge in [0.05, 0.1) is 6.04 Å². The lowest BCUT2D eigenvalue weighted by Gasteiger charge is -2.20. The first-order chi connectivity index (χ1) is 11.6. The van der Waals surface area contributed by atoms with Crippen LogP contribution in [0.3, 0.4) is 0 Å². The van der Waals surface area contributed by atoms with E-state index >= 15 is 0 Å². The Hall–Kier alpha value is -2.27. The molecule has 4 nitrogen and oxygen atoms in total. The summed E-state index contributed by atoms with van der Waals surface area (Å²) >= 11 is 1.66. The van der Waals surface area contributed by atoms with Crippen LogP contribution < -0.4 is 14.8 Å². The van der Waals surface area contributed by atoms with E-state index in [0.29, 0.717) is 19.1 Å². The lowest BCUT2D eigenvalue weighted by molar-refractivity contribution is -0.117. The second kappa shape index (κ2) is 7.53. The molecule has 0 bridgehead atoms. The van der Waals surface area contributed by atoms with Gasteiger partial charge in [-0.3, -0.25) is 4.79 Å². The highest BCUT2D eigenvalue weighted by molar-refractivity contribution is 7.10. The highest BCUT2D eigenvalue weighted by atomic mass is 32.1. The molecule has 0 aliphatic carbocycles. The van der Waals surface area contributed by atoms with Crippen LogP contribution in [0.1, 0.15) is 30.3 Å². The number of nitrogens with one attached hydrogen (secondary N) is 1. The Balaban J connectivity index is 1.66. The van der Waals surface area contributed by atoms with Gasteiger partial charge in [-0.05, 0) is 41.1 Å². The number of amides is 1. The molecule has 2 aromatic rings. The molecule has 1 amide bonds. The molecule has 5 heteroatoms. The summed E-state index contributed by atoms with van der Waals surface area (Å²) < 4.78 is 11.1. The standard InChI is InChI=1S/C19H21NO3S/c1-13(2)19(17-4-3-11-24-17)20-18(21)8-6-14-5-7-15-16(12-14)23-10-9-22-15/h3-8,11-13,19H,9-10H2,1-2H3,(H,20,21)/b8-6+/t19-/m1/s1. The number of thiophene rings is 1. The third-order valence-corrected chi connectivity index (χ3v) is 4.76. The Kier molecular flexibility index (Phi) is 5.20. The number of carbonyl (C=O) groups excluding carboxylic acids is 1. The predicted molar refractivity (Wildman–Crippen MR) is 96.5 cm³/mol. The second-order valence-corrected chi connectivity index (χ2v) is 6.96. The zero-order chi connectivity index (χ0) is 16.9. The van der Waals surface area contributed by atoms with Crippen LogP contribution in [0.2, 0.25) is 0 Å². The fraction of sp³-hybridized carbons (Fsp3) is 0.316. The van der Waals surface area contributed by atoms with Crippen LogP contribution in [0, 0.1) is 5.92 Å². The molecule has 0 fully saturated rings. The maximum Gasteiger partial charge on any atom is 0.244 e. The van der Waals surface area contributed by atoms with Crippen molar-refractivity contribution in [3.63, 3.8) is 0 Å². The quantitative estimate of drug-likeness (QED) is 0.833. The average molecular weight is 343 g/mol. The molecule has 3 rings (SSSR count). The zero-order valence-electron chi connectivity index (χ0n) is 13.8. The largest absolute Gasteiger partial charge is 0.486 e. The van der Waals surface area contributed by atoms with Crippen molar-refractivity contribution < 1.29 is 14.3 Å². The fourth-order valence-electron chi connectivity index (χ4n) is 2.57. The number of benzene rings is 1. The molecule has 0 spiro atoms. The van der Waals surface area contributed by atoms with E-state index in [1.807, 2.05) is 29.6 Å². The van der Waals surface area contributed by atoms with Gasteiger partial charge in [0, 0.05) is 11.0 Å². The second-order valence-electron chi connectivity index (χ2n) is 5.98. The van der Waals surface area contributed by atoms with Crippen molar-refractivity contribution in [3.8, 4) is 11.5 Å². The van der Waals surface area contributed by atoms with Gasteiger partial charge in [0.1, 0.15) is 13.2 Å². The van der Waals surface area contributed by atoms with Crippen molar-refractivity contribution in [3.05, 3.63) is 52.2 Å². The molecule has 0 saturated carbocycles. The summed E-state index contributed by atoms with van der Waals surface area (Å²) in [5, 5.41) is 5.11. The third kappa shape index (κ3) is 3.97. The van der Waals surface area contributed by atoms with E-state index in [0.717, 1.165) is 17.1 Å². The Morgan fingerprint density at radius 1 is 1.21 bits per heavy atom. The summed E-state index contributed by atoms with van der Waals surface area (Å²) in [7, 11) is 0. The van der Waals surface area contributed by atoms with Gasteiger partial charge < -0.3 is 14.8 Å². The van der Waals surface area contributed by atoms with Crippen LogP contribution in [0.25, 0.3) is 6.08 Å². The van der Waals surface area contributed by atoms with Gasteiger partial charge in [0.25, 0.3) is 0 Å². The number of hydrogen-bond donors (Lipinski definition) is 1. The van der Waals surface area contributed by atoms with Crippen molar-refractivity contribution in [2.75, 3.05) is 13.2 Å². The summed E-state index contributed by atoms with van der Waals surface area (Å²) in [6, 6.07) is 9.76. The first kappa shape index (κ1) is 16.6. The van der Waals surface area contributed by atoms with Crippen LogP contribution in [0.15, 0.2) is 41.8 Å². The van der Waals surface area contributed by atoms with E-state index in [4.69, 9.17) is 9.47 Å². The smallest absolute Gasteiger partial charge is 0.244 e. The molecule has 1 atom stereocenters. The highest BCUT2D eigenvalue weighted by Crippen LogP contribution is 2.31. The molecule has 0 radical (unpaired) electrons. The molecule has 1 aliphatic heterocycles. The third-order valence-electron chi connectivity index (χ3n) is 3.81. The minimum absolute atomic E-state index is 0.0300. The summed E-state index contributed by atoms with van der Waals surface area (Å²) in [6.45, 7) is 5.34. The van der Waals surface area contributed by atoms with Crippen molar-refractivity contribution in [1.29, 1.82) is 0 Å². The van der Waals surface area contributed by atoms with Crippen LogP contribution in [0.5, 0.6) is 11.5 Å². The molecule has 1 N–H and O–H groups in total. The van der Waals surface area contributed by atoms with Gasteiger partial charge >= 0.3 is 0 Å². The minimum atomic E-state index is -0.100. The SMILES string of the molecule is CC(C)[C@@H](NC(=O)/C=C/c1ccc2c(c1)OCCO2)c1cccs1. The topological polar surface area (TPSA) is 47.6 Å². The van der Waals surface area contributed by atoms with Crippen molar-refractivity contribution in [2.45, 2.75) is 19.9 Å². The lowest BCUT2D eigenvalue weighted by atomic mass is 10.0. The zero-order valence-corrected chi connectivity index (χ0v) is 14.6. The van der Waals surface area contributed by atoms with Crippen molar-refractivity contribution in [2.24, 2.45) is 5.92 Å². The maximum atomic E-state index is 12.3. The molecular weight excluding hydrogens is 322 g/mol. The van der Waals surface area contributed by atoms with Crippen LogP contribution in [0.4, 0.5) is 0 Å². The lowest BCUT2D eigenvalue weighted by Crippen LogP contribution is -2.29. The summed E-state index contributed by atoms with van der Waals surface area (Å²) in [6.07, 6.45) is 3.35. The molecule has 0 unspecified atom stereocenters. The molecule has 0 saturated heterocycles. The van der Waals surface area contributed by atoms with E-state index in [9.17, 15) is 4.79 Å². The van der Waals surface area contributed by atoms with E-state index in [2.05, 4.69) is 25.2 Å². The number of fused-ring (bicyclic) bond motifs is 1. The first-order valence-electron chi connectivity index (χ1n) is 8.05. The van der Waals surface area contributed by atoms with E-state index in [-0.39, 0.29) is 11.9 Å². The first-order valence-corrected chi connectivity index (χ1v) is 8.93. The van der Waals surface area contributed by atoms with Gasteiger partial charge in [0.2, 0.25) is 5.91 Å². The molecule has 2 heterocycles. The van der Waals surface area contributed by atoms with Crippen molar-refractivity contribution >= 4 is 23.3 Å². The number of rotatable bonds is 5. The predicted octanol–water partition coefficient (Wildman–Crippen LogP) is 4.05. The number of hydrogen-bond acceptors (Lipinski definition) is 4. The molecule has 1 aliphatic rings. The number of ether oxygens (including phenoxy) is 2. The van der Waals surface area contributed by atoms with Gasteiger partial charge in [-0.15, -0.1) is 11.3 Å². The maximum absolute atomic E-state index is 12.3. The van der Waals surface area contributed by atoms with Gasteiger partial charge in [-0.25, -0.2) is 0 Å². The van der Waals surface area contributed by atoms with E-state index < -0.39 is 0 Å². The molecular formula is C19H21NO3S. The Morgan fingerprint density at radius 2 is 2.00 bits per heavy atom. The Morgan fingerprint density at radius 3 is 2.71 bits per heavy atom. The van der Waals surface area contributed by atoms with E-state index in [1.165, 1.54) is 4.88 Å². The van der Waals surface area contributed by atoms with Crippen LogP contribution in [-0.4, -0.2) is 19.1 Å². The van der Waals surface area contributed by atoms with Gasteiger partial charge in [-0.2, -0.15) is 0 Å². The van der Waals surface area contributed by atoms with Gasteiger partial charge in [0.15, 0.2) is 11.5 Å². The van der Waals surface area contributed by atoms with Crippen LogP contribution in [-0.2, 0) is 4.79 Å². The molecule has 126 valence electrons. The monoisotopic (exact) mass is 343 g/mol. The molecule has 1 aromatic heterocycles. The summed E-state index contributed by atoms with van der Waals surface area (Å²) in [5.74, 6) is 1.70.